The van der Waals surface area contributed by atoms with E-state index in [0.29, 0.717) is 11.8 Å². The van der Waals surface area contributed by atoms with Crippen molar-refractivity contribution in [2.45, 2.75) is 71.1 Å². The van der Waals surface area contributed by atoms with E-state index in [1.807, 2.05) is 0 Å². The van der Waals surface area contributed by atoms with Gasteiger partial charge in [0.05, 0.1) is 0 Å². The third kappa shape index (κ3) is 7.29. The Morgan fingerprint density at radius 1 is 0.955 bits per heavy atom. The molecule has 2 nitrogen and oxygen atoms in total. The number of amides is 1. The van der Waals surface area contributed by atoms with Gasteiger partial charge in [-0.25, -0.2) is 0 Å². The van der Waals surface area contributed by atoms with E-state index in [0.717, 1.165) is 44.7 Å². The highest BCUT2D eigenvalue weighted by Crippen LogP contribution is 2.34. The standard InChI is InChI=1S/C20H33NO/c1-2-3-4-5-6-7-8-9-10-11-16-21(17-18-12-13-18)20(22)19-14-15-19/h6-7,10-11,18-19H,2-5,8-9,12-17H2,1H3. The normalized spacial score (nSPS) is 18.4. The highest BCUT2D eigenvalue weighted by Gasteiger charge is 2.35. The predicted octanol–water partition coefficient (Wildman–Crippen LogP) is 5.11. The highest BCUT2D eigenvalue weighted by atomic mass is 16.2. The summed E-state index contributed by atoms with van der Waals surface area (Å²) in [6.07, 6.45) is 21.4. The number of hydrogen-bond donors (Lipinski definition) is 0. The van der Waals surface area contributed by atoms with E-state index in [1.165, 1.54) is 38.5 Å². The fourth-order valence-electron chi connectivity index (χ4n) is 2.72. The molecule has 2 saturated carbocycles. The maximum absolute atomic E-state index is 12.2. The zero-order chi connectivity index (χ0) is 15.6. The molecule has 0 saturated heterocycles. The van der Waals surface area contributed by atoms with Gasteiger partial charge in [0.2, 0.25) is 5.91 Å². The van der Waals surface area contributed by atoms with E-state index < -0.39 is 0 Å². The van der Waals surface area contributed by atoms with E-state index in [9.17, 15) is 4.79 Å². The monoisotopic (exact) mass is 303 g/mol. The maximum atomic E-state index is 12.2. The van der Waals surface area contributed by atoms with Crippen LogP contribution in [0.5, 0.6) is 0 Å². The Bertz CT molecular complexity index is 377. The molecule has 0 spiro atoms. The first-order chi connectivity index (χ1) is 10.8. The summed E-state index contributed by atoms with van der Waals surface area (Å²) in [4.78, 5) is 14.3. The molecule has 0 aromatic heterocycles. The SMILES string of the molecule is CCCCCC=CCCC=CCN(CC1CC1)C(=O)C1CC1. The van der Waals surface area contributed by atoms with E-state index in [1.54, 1.807) is 0 Å². The Balaban J connectivity index is 1.56. The van der Waals surface area contributed by atoms with Gasteiger partial charge >= 0.3 is 0 Å². The second-order valence-electron chi connectivity index (χ2n) is 6.98. The molecule has 0 unspecified atom stereocenters. The van der Waals surface area contributed by atoms with E-state index in [2.05, 4.69) is 36.1 Å². The van der Waals surface area contributed by atoms with Crippen LogP contribution in [0.1, 0.15) is 71.1 Å². The summed E-state index contributed by atoms with van der Waals surface area (Å²) in [5.41, 5.74) is 0. The minimum absolute atomic E-state index is 0.359. The fourth-order valence-corrected chi connectivity index (χ4v) is 2.72. The molecular weight excluding hydrogens is 270 g/mol. The van der Waals surface area contributed by atoms with Gasteiger partial charge in [-0.15, -0.1) is 0 Å². The first kappa shape index (κ1) is 17.3. The molecule has 0 heterocycles. The number of allylic oxidation sites excluding steroid dienone is 3. The van der Waals surface area contributed by atoms with Crippen molar-refractivity contribution in [3.05, 3.63) is 24.3 Å². The number of rotatable bonds is 12. The highest BCUT2D eigenvalue weighted by molar-refractivity contribution is 5.81. The minimum Gasteiger partial charge on any atom is -0.338 e. The lowest BCUT2D eigenvalue weighted by molar-refractivity contribution is -0.132. The van der Waals surface area contributed by atoms with Crippen LogP contribution < -0.4 is 0 Å². The Kier molecular flexibility index (Phi) is 7.76. The topological polar surface area (TPSA) is 20.3 Å². The van der Waals surface area contributed by atoms with Crippen LogP contribution in [-0.4, -0.2) is 23.9 Å². The summed E-state index contributed by atoms with van der Waals surface area (Å²) < 4.78 is 0. The molecule has 0 bridgehead atoms. The summed E-state index contributed by atoms with van der Waals surface area (Å²) in [6, 6.07) is 0. The summed E-state index contributed by atoms with van der Waals surface area (Å²) >= 11 is 0. The number of hydrogen-bond acceptors (Lipinski definition) is 1. The molecule has 0 atom stereocenters. The van der Waals surface area contributed by atoms with E-state index in [4.69, 9.17) is 0 Å². The molecule has 22 heavy (non-hydrogen) atoms. The predicted molar refractivity (Wildman–Crippen MR) is 93.7 cm³/mol. The number of unbranched alkanes of at least 4 members (excludes halogenated alkanes) is 4. The second kappa shape index (κ2) is 9.86. The van der Waals surface area contributed by atoms with Gasteiger partial charge in [-0.05, 0) is 57.3 Å². The smallest absolute Gasteiger partial charge is 0.225 e. The molecule has 0 aliphatic heterocycles. The molecule has 2 aliphatic carbocycles. The summed E-state index contributed by atoms with van der Waals surface area (Å²) in [7, 11) is 0. The van der Waals surface area contributed by atoms with Crippen molar-refractivity contribution in [2.24, 2.45) is 11.8 Å². The molecule has 1 amide bonds. The van der Waals surface area contributed by atoms with Crippen LogP contribution in [0.2, 0.25) is 0 Å². The molecule has 0 aromatic rings. The zero-order valence-corrected chi connectivity index (χ0v) is 14.3. The van der Waals surface area contributed by atoms with Gasteiger partial charge in [-0.2, -0.15) is 0 Å². The molecule has 2 aliphatic rings. The lowest BCUT2D eigenvalue weighted by Gasteiger charge is -2.20. The van der Waals surface area contributed by atoms with Crippen LogP contribution in [0.25, 0.3) is 0 Å². The first-order valence-electron chi connectivity index (χ1n) is 9.40. The molecule has 2 rings (SSSR count). The second-order valence-corrected chi connectivity index (χ2v) is 6.98. The van der Waals surface area contributed by atoms with Crippen LogP contribution in [0.15, 0.2) is 24.3 Å². The van der Waals surface area contributed by atoms with E-state index >= 15 is 0 Å². The summed E-state index contributed by atoms with van der Waals surface area (Å²) in [5.74, 6) is 1.56. The first-order valence-corrected chi connectivity index (χ1v) is 9.40. The van der Waals surface area contributed by atoms with Crippen molar-refractivity contribution in [3.8, 4) is 0 Å². The lowest BCUT2D eigenvalue weighted by Crippen LogP contribution is -2.34. The molecule has 2 fully saturated rings. The molecule has 0 aromatic carbocycles. The van der Waals surface area contributed by atoms with Gasteiger partial charge in [0, 0.05) is 19.0 Å². The van der Waals surface area contributed by atoms with Crippen molar-refractivity contribution >= 4 is 5.91 Å². The Morgan fingerprint density at radius 2 is 1.64 bits per heavy atom. The van der Waals surface area contributed by atoms with Crippen LogP contribution in [0.3, 0.4) is 0 Å². The van der Waals surface area contributed by atoms with Gasteiger partial charge in [0.25, 0.3) is 0 Å². The zero-order valence-electron chi connectivity index (χ0n) is 14.3. The van der Waals surface area contributed by atoms with E-state index in [-0.39, 0.29) is 0 Å². The Labute approximate surface area is 136 Å². The van der Waals surface area contributed by atoms with Crippen molar-refractivity contribution in [2.75, 3.05) is 13.1 Å². The summed E-state index contributed by atoms with van der Waals surface area (Å²) in [5, 5.41) is 0. The molecule has 124 valence electrons. The van der Waals surface area contributed by atoms with Gasteiger partial charge in [-0.3, -0.25) is 4.79 Å². The van der Waals surface area contributed by atoms with Crippen LogP contribution in [-0.2, 0) is 4.79 Å². The van der Waals surface area contributed by atoms with Crippen molar-refractivity contribution < 1.29 is 4.79 Å². The largest absolute Gasteiger partial charge is 0.338 e. The maximum Gasteiger partial charge on any atom is 0.225 e. The Hall–Kier alpha value is -1.05. The summed E-state index contributed by atoms with van der Waals surface area (Å²) in [6.45, 7) is 4.07. The Morgan fingerprint density at radius 3 is 2.27 bits per heavy atom. The van der Waals surface area contributed by atoms with Crippen LogP contribution in [0, 0.1) is 11.8 Å². The quantitative estimate of drug-likeness (QED) is 0.362. The minimum atomic E-state index is 0.359. The molecule has 0 radical (unpaired) electrons. The number of carbonyl (C=O) groups excluding carboxylic acids is 1. The number of carbonyl (C=O) groups is 1. The average molecular weight is 303 g/mol. The van der Waals surface area contributed by atoms with Crippen molar-refractivity contribution in [3.63, 3.8) is 0 Å². The van der Waals surface area contributed by atoms with Crippen LogP contribution >= 0.6 is 0 Å². The third-order valence-electron chi connectivity index (χ3n) is 4.55. The fraction of sp³-hybridized carbons (Fsp3) is 0.750. The van der Waals surface area contributed by atoms with Gasteiger partial charge in [-0.1, -0.05) is 44.1 Å². The lowest BCUT2D eigenvalue weighted by atomic mass is 10.2. The van der Waals surface area contributed by atoms with Gasteiger partial charge in [0.15, 0.2) is 0 Å². The average Bonchev–Trinajstić information content (AvgIpc) is 3.39. The molecule has 2 heteroatoms. The van der Waals surface area contributed by atoms with Crippen molar-refractivity contribution in [1.29, 1.82) is 0 Å². The molecular formula is C20H33NO. The van der Waals surface area contributed by atoms with Crippen LogP contribution in [0.4, 0.5) is 0 Å². The van der Waals surface area contributed by atoms with Crippen molar-refractivity contribution in [1.82, 2.24) is 4.90 Å². The van der Waals surface area contributed by atoms with Gasteiger partial charge < -0.3 is 4.90 Å². The third-order valence-corrected chi connectivity index (χ3v) is 4.55. The molecule has 0 N–H and O–H groups in total. The van der Waals surface area contributed by atoms with Gasteiger partial charge in [0.1, 0.15) is 0 Å². The number of nitrogens with zero attached hydrogens (tertiary/aromatic N) is 1.